The second-order valence-corrected chi connectivity index (χ2v) is 9.07. The first-order valence-electron chi connectivity index (χ1n) is 10.6. The van der Waals surface area contributed by atoms with E-state index in [2.05, 4.69) is 32.0 Å². The lowest BCUT2D eigenvalue weighted by atomic mass is 9.81. The van der Waals surface area contributed by atoms with Crippen LogP contribution in [0, 0.1) is 25.2 Å². The van der Waals surface area contributed by atoms with Gasteiger partial charge >= 0.3 is 5.97 Å². The molecule has 29 heavy (non-hydrogen) atoms. The molecule has 1 aromatic carbocycles. The molecule has 0 unspecified atom stereocenters. The molecule has 152 valence electrons. The number of rotatable bonds is 3. The van der Waals surface area contributed by atoms with E-state index in [1.165, 1.54) is 5.56 Å². The molecule has 1 saturated carbocycles. The summed E-state index contributed by atoms with van der Waals surface area (Å²) in [5.74, 6) is -0.776. The zero-order valence-electron chi connectivity index (χ0n) is 17.1. The molecule has 2 fully saturated rings. The van der Waals surface area contributed by atoms with Gasteiger partial charge in [-0.3, -0.25) is 9.59 Å². The largest absolute Gasteiger partial charge is 0.481 e. The SMILES string of the molecule is Cc1ccc(-n2nc(C(=O)N3C[C@@H]4CCC[C@@]4(C(=O)O)C3)c3c2CCC3)c(C)c1. The minimum absolute atomic E-state index is 0.0680. The molecular formula is C23H27N3O3. The summed E-state index contributed by atoms with van der Waals surface area (Å²) in [6.45, 7) is 5.00. The Balaban J connectivity index is 1.51. The summed E-state index contributed by atoms with van der Waals surface area (Å²) in [6.07, 6.45) is 5.32. The van der Waals surface area contributed by atoms with Gasteiger partial charge in [-0.2, -0.15) is 5.10 Å². The van der Waals surface area contributed by atoms with E-state index in [9.17, 15) is 14.7 Å². The second-order valence-electron chi connectivity index (χ2n) is 9.07. The molecule has 6 heteroatoms. The van der Waals surface area contributed by atoms with Gasteiger partial charge in [0.05, 0.1) is 11.1 Å². The van der Waals surface area contributed by atoms with Gasteiger partial charge in [-0.25, -0.2) is 4.68 Å². The number of nitrogens with zero attached hydrogens (tertiary/aromatic N) is 3. The van der Waals surface area contributed by atoms with Gasteiger partial charge in [0.2, 0.25) is 0 Å². The Morgan fingerprint density at radius 2 is 2.03 bits per heavy atom. The van der Waals surface area contributed by atoms with Crippen molar-refractivity contribution in [2.75, 3.05) is 13.1 Å². The number of carbonyl (C=O) groups is 2. The maximum Gasteiger partial charge on any atom is 0.311 e. The first-order chi connectivity index (χ1) is 13.9. The van der Waals surface area contributed by atoms with Gasteiger partial charge in [0.15, 0.2) is 5.69 Å². The molecule has 1 amide bonds. The molecule has 0 spiro atoms. The van der Waals surface area contributed by atoms with Crippen LogP contribution in [-0.4, -0.2) is 44.8 Å². The predicted molar refractivity (Wildman–Crippen MR) is 108 cm³/mol. The molecule has 5 rings (SSSR count). The maximum atomic E-state index is 13.4. The molecule has 2 heterocycles. The van der Waals surface area contributed by atoms with Crippen molar-refractivity contribution in [2.24, 2.45) is 11.3 Å². The fourth-order valence-corrected chi connectivity index (χ4v) is 5.79. The number of aromatic nitrogens is 2. The Labute approximate surface area is 170 Å². The maximum absolute atomic E-state index is 13.4. The van der Waals surface area contributed by atoms with Crippen LogP contribution in [0.15, 0.2) is 18.2 Å². The number of aryl methyl sites for hydroxylation is 2. The quantitative estimate of drug-likeness (QED) is 0.868. The molecule has 3 aliphatic rings. The highest BCUT2D eigenvalue weighted by molar-refractivity contribution is 5.95. The third-order valence-electron chi connectivity index (χ3n) is 7.30. The van der Waals surface area contributed by atoms with E-state index in [1.54, 1.807) is 4.90 Å². The lowest BCUT2D eigenvalue weighted by Gasteiger charge is -2.23. The van der Waals surface area contributed by atoms with Crippen molar-refractivity contribution in [1.82, 2.24) is 14.7 Å². The second kappa shape index (κ2) is 6.44. The number of carbonyl (C=O) groups excluding carboxylic acids is 1. The molecule has 0 radical (unpaired) electrons. The average molecular weight is 393 g/mol. The van der Waals surface area contributed by atoms with Gasteiger partial charge in [-0.15, -0.1) is 0 Å². The molecular weight excluding hydrogens is 366 g/mol. The summed E-state index contributed by atoms with van der Waals surface area (Å²) in [5.41, 5.74) is 5.32. The molecule has 1 N–H and O–H groups in total. The molecule has 6 nitrogen and oxygen atoms in total. The number of likely N-dealkylation sites (tertiary alicyclic amines) is 1. The third kappa shape index (κ3) is 2.65. The number of carboxylic acid groups (broad SMARTS) is 1. The van der Waals surface area contributed by atoms with Gasteiger partial charge in [0, 0.05) is 24.3 Å². The number of benzene rings is 1. The summed E-state index contributed by atoms with van der Waals surface area (Å²) in [7, 11) is 0. The van der Waals surface area contributed by atoms with Crippen molar-refractivity contribution in [3.05, 3.63) is 46.3 Å². The topological polar surface area (TPSA) is 75.4 Å². The summed E-state index contributed by atoms with van der Waals surface area (Å²) in [6, 6.07) is 6.29. The summed E-state index contributed by atoms with van der Waals surface area (Å²) in [5, 5.41) is 14.6. The number of aliphatic carboxylic acids is 1. The molecule has 2 aromatic rings. The smallest absolute Gasteiger partial charge is 0.311 e. The van der Waals surface area contributed by atoms with Crippen LogP contribution in [0.1, 0.15) is 58.6 Å². The van der Waals surface area contributed by atoms with Crippen molar-refractivity contribution < 1.29 is 14.7 Å². The minimum Gasteiger partial charge on any atom is -0.481 e. The van der Waals surface area contributed by atoms with Gasteiger partial charge in [0.25, 0.3) is 5.91 Å². The Morgan fingerprint density at radius 3 is 2.76 bits per heavy atom. The molecule has 1 saturated heterocycles. The molecule has 2 atom stereocenters. The number of hydrogen-bond donors (Lipinski definition) is 1. The highest BCUT2D eigenvalue weighted by Crippen LogP contribution is 2.49. The molecule has 1 aromatic heterocycles. The Bertz CT molecular complexity index is 1020. The number of fused-ring (bicyclic) bond motifs is 2. The Kier molecular flexibility index (Phi) is 4.09. The summed E-state index contributed by atoms with van der Waals surface area (Å²) in [4.78, 5) is 27.2. The van der Waals surface area contributed by atoms with E-state index in [0.29, 0.717) is 25.2 Å². The van der Waals surface area contributed by atoms with E-state index in [4.69, 9.17) is 5.10 Å². The van der Waals surface area contributed by atoms with Crippen LogP contribution in [-0.2, 0) is 17.6 Å². The summed E-state index contributed by atoms with van der Waals surface area (Å²) < 4.78 is 1.95. The number of amides is 1. The number of carboxylic acids is 1. The van der Waals surface area contributed by atoms with Crippen LogP contribution in [0.2, 0.25) is 0 Å². The average Bonchev–Trinajstić information content (AvgIpc) is 3.41. The van der Waals surface area contributed by atoms with Crippen molar-refractivity contribution in [2.45, 2.75) is 52.4 Å². The number of hydrogen-bond acceptors (Lipinski definition) is 3. The van der Waals surface area contributed by atoms with Crippen LogP contribution in [0.4, 0.5) is 0 Å². The highest BCUT2D eigenvalue weighted by atomic mass is 16.4. The Hall–Kier alpha value is -2.63. The lowest BCUT2D eigenvalue weighted by molar-refractivity contribution is -0.149. The van der Waals surface area contributed by atoms with E-state index < -0.39 is 11.4 Å². The molecule has 1 aliphatic heterocycles. The monoisotopic (exact) mass is 393 g/mol. The van der Waals surface area contributed by atoms with Crippen LogP contribution < -0.4 is 0 Å². The first kappa shape index (κ1) is 18.4. The normalized spacial score (nSPS) is 25.3. The van der Waals surface area contributed by atoms with E-state index in [1.807, 2.05) is 4.68 Å². The zero-order valence-corrected chi connectivity index (χ0v) is 17.1. The van der Waals surface area contributed by atoms with Gasteiger partial charge < -0.3 is 10.0 Å². The fraction of sp³-hybridized carbons (Fsp3) is 0.522. The highest BCUT2D eigenvalue weighted by Gasteiger charge is 2.56. The van der Waals surface area contributed by atoms with Crippen molar-refractivity contribution in [3.8, 4) is 5.69 Å². The van der Waals surface area contributed by atoms with Crippen LogP contribution >= 0.6 is 0 Å². The van der Waals surface area contributed by atoms with Gasteiger partial charge in [-0.1, -0.05) is 24.1 Å². The zero-order chi connectivity index (χ0) is 20.3. The van der Waals surface area contributed by atoms with E-state index >= 15 is 0 Å². The van der Waals surface area contributed by atoms with Crippen molar-refractivity contribution in [1.29, 1.82) is 0 Å². The van der Waals surface area contributed by atoms with Crippen LogP contribution in [0.25, 0.3) is 5.69 Å². The van der Waals surface area contributed by atoms with Gasteiger partial charge in [0.1, 0.15) is 0 Å². The van der Waals surface area contributed by atoms with Crippen LogP contribution in [0.5, 0.6) is 0 Å². The molecule has 0 bridgehead atoms. The molecule has 2 aliphatic carbocycles. The standard InChI is InChI=1S/C23H27N3O3/c1-14-8-9-18(15(2)11-14)26-19-7-3-6-17(19)20(24-26)21(27)25-12-16-5-4-10-23(16,13-25)22(28)29/h8-9,11,16H,3-7,10,12-13H2,1-2H3,(H,28,29)/t16-,23+/m0/s1. The minimum atomic E-state index is -0.755. The predicted octanol–water partition coefficient (Wildman–Crippen LogP) is 3.30. The van der Waals surface area contributed by atoms with Crippen molar-refractivity contribution in [3.63, 3.8) is 0 Å². The van der Waals surface area contributed by atoms with Gasteiger partial charge in [-0.05, 0) is 63.5 Å². The van der Waals surface area contributed by atoms with E-state index in [0.717, 1.165) is 54.6 Å². The van der Waals surface area contributed by atoms with Crippen LogP contribution in [0.3, 0.4) is 0 Å². The van der Waals surface area contributed by atoms with E-state index in [-0.39, 0.29) is 11.8 Å². The third-order valence-corrected chi connectivity index (χ3v) is 7.30. The fourth-order valence-electron chi connectivity index (χ4n) is 5.79. The summed E-state index contributed by atoms with van der Waals surface area (Å²) >= 11 is 0. The first-order valence-corrected chi connectivity index (χ1v) is 10.6. The Morgan fingerprint density at radius 1 is 1.21 bits per heavy atom. The lowest BCUT2D eigenvalue weighted by Crippen LogP contribution is -2.37. The van der Waals surface area contributed by atoms with Crippen molar-refractivity contribution >= 4 is 11.9 Å².